The average molecular weight is 246 g/mol. The molecule has 0 bridgehead atoms. The molecule has 0 radical (unpaired) electrons. The third-order valence-electron chi connectivity index (χ3n) is 4.00. The number of fused-ring (bicyclic) bond motifs is 1. The molecular formula is C16H26N2. The van der Waals surface area contributed by atoms with Crippen LogP contribution in [0.4, 0.5) is 5.69 Å². The third-order valence-corrected chi connectivity index (χ3v) is 4.00. The second-order valence-corrected chi connectivity index (χ2v) is 5.41. The Morgan fingerprint density at radius 1 is 1.33 bits per heavy atom. The van der Waals surface area contributed by atoms with Gasteiger partial charge < -0.3 is 10.2 Å². The van der Waals surface area contributed by atoms with Crippen molar-refractivity contribution in [3.63, 3.8) is 0 Å². The molecule has 0 saturated heterocycles. The summed E-state index contributed by atoms with van der Waals surface area (Å²) in [7, 11) is 2.18. The van der Waals surface area contributed by atoms with Crippen molar-refractivity contribution in [1.29, 1.82) is 0 Å². The van der Waals surface area contributed by atoms with Gasteiger partial charge in [-0.05, 0) is 36.5 Å². The lowest BCUT2D eigenvalue weighted by Gasteiger charge is -2.17. The van der Waals surface area contributed by atoms with Crippen LogP contribution in [0.5, 0.6) is 0 Å². The molecule has 1 aromatic rings. The van der Waals surface area contributed by atoms with E-state index in [1.54, 1.807) is 0 Å². The first-order chi connectivity index (χ1) is 8.74. The summed E-state index contributed by atoms with van der Waals surface area (Å²) in [6.45, 7) is 6.70. The van der Waals surface area contributed by atoms with Crippen LogP contribution in [0.15, 0.2) is 18.2 Å². The smallest absolute Gasteiger partial charge is 0.0397 e. The van der Waals surface area contributed by atoms with Crippen LogP contribution in [0.25, 0.3) is 0 Å². The predicted molar refractivity (Wildman–Crippen MR) is 79.2 cm³/mol. The van der Waals surface area contributed by atoms with Crippen molar-refractivity contribution in [3.05, 3.63) is 29.3 Å². The van der Waals surface area contributed by atoms with E-state index in [1.165, 1.54) is 49.0 Å². The lowest BCUT2D eigenvalue weighted by molar-refractivity contribution is 0.462. The minimum atomic E-state index is 0.672. The van der Waals surface area contributed by atoms with Gasteiger partial charge in [0.15, 0.2) is 0 Å². The molecule has 2 rings (SSSR count). The first kappa shape index (κ1) is 13.4. The van der Waals surface area contributed by atoms with Gasteiger partial charge in [0.2, 0.25) is 0 Å². The molecule has 1 heterocycles. The summed E-state index contributed by atoms with van der Waals surface area (Å²) >= 11 is 0. The Morgan fingerprint density at radius 2 is 2.17 bits per heavy atom. The molecule has 2 heteroatoms. The van der Waals surface area contributed by atoms with Crippen LogP contribution in [-0.4, -0.2) is 19.6 Å². The minimum absolute atomic E-state index is 0.672. The van der Waals surface area contributed by atoms with Gasteiger partial charge in [-0.15, -0.1) is 0 Å². The van der Waals surface area contributed by atoms with E-state index in [0.717, 1.165) is 6.54 Å². The molecule has 100 valence electrons. The van der Waals surface area contributed by atoms with Crippen molar-refractivity contribution < 1.29 is 0 Å². The van der Waals surface area contributed by atoms with Gasteiger partial charge in [0.1, 0.15) is 0 Å². The standard InChI is InChI=1S/C16H26N2/c1-4-6-15(5-2)17-12-13-7-8-16-14(11-13)9-10-18(16)3/h7-8,11,15,17H,4-6,9-10,12H2,1-3H3. The lowest BCUT2D eigenvalue weighted by Crippen LogP contribution is -2.27. The SMILES string of the molecule is CCCC(CC)NCc1ccc2c(c1)CCN2C. The minimum Gasteiger partial charge on any atom is -0.374 e. The topological polar surface area (TPSA) is 15.3 Å². The Kier molecular flexibility index (Phi) is 4.65. The number of likely N-dealkylation sites (N-methyl/N-ethyl adjacent to an activating group) is 1. The lowest BCUT2D eigenvalue weighted by atomic mass is 10.1. The summed E-state index contributed by atoms with van der Waals surface area (Å²) in [6, 6.07) is 7.60. The maximum absolute atomic E-state index is 3.68. The fraction of sp³-hybridized carbons (Fsp3) is 0.625. The zero-order chi connectivity index (χ0) is 13.0. The molecule has 1 aliphatic rings. The Bertz CT molecular complexity index is 387. The monoisotopic (exact) mass is 246 g/mol. The second kappa shape index (κ2) is 6.24. The van der Waals surface area contributed by atoms with Gasteiger partial charge in [-0.25, -0.2) is 0 Å². The van der Waals surface area contributed by atoms with Gasteiger partial charge in [-0.3, -0.25) is 0 Å². The van der Waals surface area contributed by atoms with Gasteiger partial charge in [-0.2, -0.15) is 0 Å². The summed E-state index contributed by atoms with van der Waals surface area (Å²) in [5.74, 6) is 0. The van der Waals surface area contributed by atoms with Crippen LogP contribution in [0.2, 0.25) is 0 Å². The zero-order valence-corrected chi connectivity index (χ0v) is 12.0. The van der Waals surface area contributed by atoms with Crippen LogP contribution in [0, 0.1) is 0 Å². The number of anilines is 1. The zero-order valence-electron chi connectivity index (χ0n) is 12.0. The van der Waals surface area contributed by atoms with Crippen LogP contribution in [0.3, 0.4) is 0 Å². The van der Waals surface area contributed by atoms with E-state index in [1.807, 2.05) is 0 Å². The van der Waals surface area contributed by atoms with E-state index in [9.17, 15) is 0 Å². The molecule has 2 nitrogen and oxygen atoms in total. The quantitative estimate of drug-likeness (QED) is 0.828. The summed E-state index contributed by atoms with van der Waals surface area (Å²) in [5.41, 5.74) is 4.36. The highest BCUT2D eigenvalue weighted by Crippen LogP contribution is 2.27. The van der Waals surface area contributed by atoms with Crippen molar-refractivity contribution >= 4 is 5.69 Å². The molecule has 1 aromatic carbocycles. The maximum atomic E-state index is 3.68. The molecule has 1 N–H and O–H groups in total. The number of benzene rings is 1. The fourth-order valence-corrected chi connectivity index (χ4v) is 2.79. The van der Waals surface area contributed by atoms with E-state index in [-0.39, 0.29) is 0 Å². The summed E-state index contributed by atoms with van der Waals surface area (Å²) < 4.78 is 0. The van der Waals surface area contributed by atoms with E-state index in [4.69, 9.17) is 0 Å². The molecule has 1 atom stereocenters. The van der Waals surface area contributed by atoms with E-state index < -0.39 is 0 Å². The molecule has 0 fully saturated rings. The van der Waals surface area contributed by atoms with E-state index in [0.29, 0.717) is 6.04 Å². The summed E-state index contributed by atoms with van der Waals surface area (Å²) in [5, 5.41) is 3.68. The van der Waals surface area contributed by atoms with Crippen LogP contribution in [-0.2, 0) is 13.0 Å². The van der Waals surface area contributed by atoms with Crippen molar-refractivity contribution in [2.45, 2.75) is 52.1 Å². The van der Waals surface area contributed by atoms with Crippen LogP contribution in [0.1, 0.15) is 44.2 Å². The number of hydrogen-bond donors (Lipinski definition) is 1. The fourth-order valence-electron chi connectivity index (χ4n) is 2.79. The molecule has 0 aromatic heterocycles. The van der Waals surface area contributed by atoms with Crippen molar-refractivity contribution in [3.8, 4) is 0 Å². The molecule has 0 spiro atoms. The van der Waals surface area contributed by atoms with Gasteiger partial charge in [0.05, 0.1) is 0 Å². The second-order valence-electron chi connectivity index (χ2n) is 5.41. The third kappa shape index (κ3) is 3.05. The van der Waals surface area contributed by atoms with Crippen LogP contribution < -0.4 is 10.2 Å². The van der Waals surface area contributed by atoms with Crippen LogP contribution >= 0.6 is 0 Å². The Balaban J connectivity index is 1.94. The normalized spacial score (nSPS) is 15.8. The summed E-state index contributed by atoms with van der Waals surface area (Å²) in [4.78, 5) is 2.35. The van der Waals surface area contributed by atoms with E-state index >= 15 is 0 Å². The maximum Gasteiger partial charge on any atom is 0.0397 e. The molecule has 18 heavy (non-hydrogen) atoms. The Hall–Kier alpha value is -1.02. The van der Waals surface area contributed by atoms with Gasteiger partial charge >= 0.3 is 0 Å². The summed E-state index contributed by atoms with van der Waals surface area (Å²) in [6.07, 6.45) is 4.97. The van der Waals surface area contributed by atoms with Crippen molar-refractivity contribution in [1.82, 2.24) is 5.32 Å². The van der Waals surface area contributed by atoms with E-state index in [2.05, 4.69) is 49.3 Å². The van der Waals surface area contributed by atoms with Gasteiger partial charge in [0.25, 0.3) is 0 Å². The molecule has 0 amide bonds. The number of rotatable bonds is 6. The van der Waals surface area contributed by atoms with Crippen molar-refractivity contribution in [2.24, 2.45) is 0 Å². The highest BCUT2D eigenvalue weighted by atomic mass is 15.1. The number of hydrogen-bond acceptors (Lipinski definition) is 2. The first-order valence-corrected chi connectivity index (χ1v) is 7.31. The highest BCUT2D eigenvalue weighted by Gasteiger charge is 2.15. The van der Waals surface area contributed by atoms with Crippen molar-refractivity contribution in [2.75, 3.05) is 18.5 Å². The molecule has 1 aliphatic heterocycles. The molecule has 1 unspecified atom stereocenters. The molecule has 0 aliphatic carbocycles. The molecular weight excluding hydrogens is 220 g/mol. The Morgan fingerprint density at radius 3 is 2.89 bits per heavy atom. The highest BCUT2D eigenvalue weighted by molar-refractivity contribution is 5.58. The largest absolute Gasteiger partial charge is 0.374 e. The van der Waals surface area contributed by atoms with Gasteiger partial charge in [0, 0.05) is 31.9 Å². The average Bonchev–Trinajstić information content (AvgIpc) is 2.76. The number of nitrogens with zero attached hydrogens (tertiary/aromatic N) is 1. The van der Waals surface area contributed by atoms with Gasteiger partial charge in [-0.1, -0.05) is 32.4 Å². The Labute approximate surface area is 111 Å². The molecule has 0 saturated carbocycles. The number of nitrogens with one attached hydrogen (secondary N) is 1. The predicted octanol–water partition coefficient (Wildman–Crippen LogP) is 3.35. The first-order valence-electron chi connectivity index (χ1n) is 7.31.